The van der Waals surface area contributed by atoms with E-state index in [9.17, 15) is 8.78 Å². The molecule has 1 aliphatic rings. The van der Waals surface area contributed by atoms with Crippen molar-refractivity contribution in [3.63, 3.8) is 0 Å². The number of halogens is 2. The number of nitriles is 1. The number of ether oxygens (including phenoxy) is 1. The van der Waals surface area contributed by atoms with Gasteiger partial charge in [0.15, 0.2) is 5.60 Å². The van der Waals surface area contributed by atoms with E-state index in [0.717, 1.165) is 23.8 Å². The van der Waals surface area contributed by atoms with E-state index in [2.05, 4.69) is 21.1 Å². The Morgan fingerprint density at radius 2 is 2.00 bits per heavy atom. The number of nitrogens with zero attached hydrogens (tertiary/aromatic N) is 5. The van der Waals surface area contributed by atoms with Gasteiger partial charge < -0.3 is 4.74 Å². The molecular formula is C22H13F2N5OS. The molecule has 1 atom stereocenters. The highest BCUT2D eigenvalue weighted by Crippen LogP contribution is 2.50. The van der Waals surface area contributed by atoms with Crippen LogP contribution in [0, 0.1) is 23.0 Å². The van der Waals surface area contributed by atoms with Crippen LogP contribution in [0.5, 0.6) is 0 Å². The molecule has 1 aliphatic heterocycles. The quantitative estimate of drug-likeness (QED) is 0.463. The maximum atomic E-state index is 14.8. The summed E-state index contributed by atoms with van der Waals surface area (Å²) in [5, 5.41) is 15.6. The van der Waals surface area contributed by atoms with E-state index in [1.165, 1.54) is 34.9 Å². The van der Waals surface area contributed by atoms with Crippen molar-refractivity contribution in [1.29, 1.82) is 5.26 Å². The Bertz CT molecular complexity index is 1320. The smallest absolute Gasteiger partial charge is 0.186 e. The van der Waals surface area contributed by atoms with Gasteiger partial charge in [0.05, 0.1) is 35.7 Å². The molecule has 0 saturated carbocycles. The van der Waals surface area contributed by atoms with Crippen molar-refractivity contribution in [3.8, 4) is 17.3 Å². The average Bonchev–Trinajstić information content (AvgIpc) is 3.45. The lowest BCUT2D eigenvalue weighted by molar-refractivity contribution is 0.0138. The molecule has 6 nitrogen and oxygen atoms in total. The number of hydrogen-bond donors (Lipinski definition) is 0. The van der Waals surface area contributed by atoms with Crippen molar-refractivity contribution in [2.75, 3.05) is 0 Å². The van der Waals surface area contributed by atoms with Gasteiger partial charge in [-0.15, -0.1) is 11.3 Å². The fourth-order valence-electron chi connectivity index (χ4n) is 3.49. The van der Waals surface area contributed by atoms with Crippen LogP contribution >= 0.6 is 11.3 Å². The van der Waals surface area contributed by atoms with Crippen molar-refractivity contribution in [1.82, 2.24) is 19.7 Å². The Morgan fingerprint density at radius 3 is 2.68 bits per heavy atom. The van der Waals surface area contributed by atoms with Crippen LogP contribution in [0.2, 0.25) is 0 Å². The molecule has 3 heterocycles. The zero-order valence-electron chi connectivity index (χ0n) is 15.9. The zero-order chi connectivity index (χ0) is 21.4. The minimum Gasteiger partial charge on any atom is -0.483 e. The van der Waals surface area contributed by atoms with Gasteiger partial charge in [-0.05, 0) is 30.3 Å². The second kappa shape index (κ2) is 7.41. The van der Waals surface area contributed by atoms with E-state index in [1.807, 2.05) is 17.5 Å². The standard InChI is InChI=1S/C22H13F2N5OS/c23-16-5-6-19(24)17(7-16)22(11-29-13-26-12-27-29)18(9-30-22)21-28-20(10-31-21)15-3-1-14(8-25)2-4-15/h1-7,9-10,12-13H,11H2/t22-/m0/s1. The molecule has 9 heteroatoms. The maximum Gasteiger partial charge on any atom is 0.186 e. The molecule has 31 heavy (non-hydrogen) atoms. The summed E-state index contributed by atoms with van der Waals surface area (Å²) in [7, 11) is 0. The molecule has 0 unspecified atom stereocenters. The molecule has 2 aromatic carbocycles. The molecule has 0 radical (unpaired) electrons. The number of aromatic nitrogens is 4. The fraction of sp³-hybridized carbons (Fsp3) is 0.0909. The minimum atomic E-state index is -1.29. The lowest BCUT2D eigenvalue weighted by Crippen LogP contribution is -2.41. The normalized spacial score (nSPS) is 17.4. The third-order valence-corrected chi connectivity index (χ3v) is 5.95. The predicted molar refractivity (Wildman–Crippen MR) is 109 cm³/mol. The highest BCUT2D eigenvalue weighted by Gasteiger charge is 2.49. The number of benzene rings is 2. The van der Waals surface area contributed by atoms with Crippen molar-refractivity contribution in [3.05, 3.63) is 94.5 Å². The van der Waals surface area contributed by atoms with Crippen LogP contribution in [0.4, 0.5) is 8.78 Å². The van der Waals surface area contributed by atoms with E-state index < -0.39 is 17.2 Å². The molecule has 2 aromatic heterocycles. The molecule has 0 amide bonds. The third-order valence-electron chi connectivity index (χ3n) is 5.07. The van der Waals surface area contributed by atoms with Crippen LogP contribution in [0.1, 0.15) is 16.1 Å². The largest absolute Gasteiger partial charge is 0.483 e. The van der Waals surface area contributed by atoms with E-state index in [-0.39, 0.29) is 12.1 Å². The SMILES string of the molecule is N#Cc1ccc(-c2csc(C3=CO[C@@]3(Cn3cncn3)c3cc(F)ccc3F)n2)cc1. The topological polar surface area (TPSA) is 76.6 Å². The van der Waals surface area contributed by atoms with Crippen LogP contribution in [0.3, 0.4) is 0 Å². The molecule has 0 N–H and O–H groups in total. The molecule has 0 bridgehead atoms. The molecule has 0 fully saturated rings. The van der Waals surface area contributed by atoms with Gasteiger partial charge in [0.2, 0.25) is 0 Å². The van der Waals surface area contributed by atoms with Crippen LogP contribution in [-0.2, 0) is 16.9 Å². The third kappa shape index (κ3) is 3.27. The average molecular weight is 433 g/mol. The van der Waals surface area contributed by atoms with Gasteiger partial charge in [0.1, 0.15) is 29.3 Å². The van der Waals surface area contributed by atoms with Crippen molar-refractivity contribution in [2.24, 2.45) is 0 Å². The second-order valence-electron chi connectivity index (χ2n) is 6.92. The van der Waals surface area contributed by atoms with Gasteiger partial charge in [0, 0.05) is 16.5 Å². The van der Waals surface area contributed by atoms with Crippen molar-refractivity contribution >= 4 is 16.9 Å². The molecule has 152 valence electrons. The number of hydrogen-bond acceptors (Lipinski definition) is 6. The van der Waals surface area contributed by atoms with E-state index in [1.54, 1.807) is 12.1 Å². The Labute approximate surface area is 179 Å². The van der Waals surface area contributed by atoms with Gasteiger partial charge in [-0.2, -0.15) is 10.4 Å². The Kier molecular flexibility index (Phi) is 4.56. The zero-order valence-corrected chi connectivity index (χ0v) is 16.7. The minimum absolute atomic E-state index is 0.0654. The summed E-state index contributed by atoms with van der Waals surface area (Å²) in [4.78, 5) is 8.61. The summed E-state index contributed by atoms with van der Waals surface area (Å²) in [5.74, 6) is -1.15. The molecule has 4 aromatic rings. The highest BCUT2D eigenvalue weighted by atomic mass is 32.1. The highest BCUT2D eigenvalue weighted by molar-refractivity contribution is 7.11. The van der Waals surface area contributed by atoms with Crippen LogP contribution in [-0.4, -0.2) is 19.7 Å². The van der Waals surface area contributed by atoms with Crippen molar-refractivity contribution in [2.45, 2.75) is 12.1 Å². The first-order valence-corrected chi connectivity index (χ1v) is 10.1. The van der Waals surface area contributed by atoms with Crippen LogP contribution in [0.15, 0.2) is 66.8 Å². The fourth-order valence-corrected chi connectivity index (χ4v) is 4.40. The number of thiazole rings is 1. The Balaban J connectivity index is 1.56. The summed E-state index contributed by atoms with van der Waals surface area (Å²) in [6, 6.07) is 12.4. The number of rotatable bonds is 5. The first kappa shape index (κ1) is 19.1. The summed E-state index contributed by atoms with van der Waals surface area (Å²) in [6.07, 6.45) is 4.36. The molecular weight excluding hydrogens is 420 g/mol. The van der Waals surface area contributed by atoms with Gasteiger partial charge in [-0.25, -0.2) is 23.4 Å². The molecule has 0 saturated heterocycles. The predicted octanol–water partition coefficient (Wildman–Crippen LogP) is 4.52. The van der Waals surface area contributed by atoms with Crippen molar-refractivity contribution < 1.29 is 13.5 Å². The van der Waals surface area contributed by atoms with E-state index >= 15 is 0 Å². The maximum absolute atomic E-state index is 14.8. The molecule has 0 aliphatic carbocycles. The lowest BCUT2D eigenvalue weighted by Gasteiger charge is -2.41. The van der Waals surface area contributed by atoms with Gasteiger partial charge in [0.25, 0.3) is 0 Å². The first-order chi connectivity index (χ1) is 15.1. The van der Waals surface area contributed by atoms with E-state index in [0.29, 0.717) is 21.8 Å². The van der Waals surface area contributed by atoms with Crippen LogP contribution in [0.25, 0.3) is 16.8 Å². The van der Waals surface area contributed by atoms with Gasteiger partial charge in [-0.1, -0.05) is 12.1 Å². The monoisotopic (exact) mass is 433 g/mol. The van der Waals surface area contributed by atoms with Gasteiger partial charge in [-0.3, -0.25) is 0 Å². The summed E-state index contributed by atoms with van der Waals surface area (Å²) in [5.41, 5.74) is 1.52. The summed E-state index contributed by atoms with van der Waals surface area (Å²) >= 11 is 1.37. The summed E-state index contributed by atoms with van der Waals surface area (Å²) in [6.45, 7) is 0.102. The Hall–Kier alpha value is -3.90. The second-order valence-corrected chi connectivity index (χ2v) is 7.78. The van der Waals surface area contributed by atoms with Gasteiger partial charge >= 0.3 is 0 Å². The first-order valence-electron chi connectivity index (χ1n) is 9.22. The van der Waals surface area contributed by atoms with E-state index in [4.69, 9.17) is 10.00 Å². The lowest BCUT2D eigenvalue weighted by atomic mass is 9.82. The Morgan fingerprint density at radius 1 is 1.16 bits per heavy atom. The van der Waals surface area contributed by atoms with Crippen LogP contribution < -0.4 is 0 Å². The summed E-state index contributed by atoms with van der Waals surface area (Å²) < 4.78 is 36.1. The molecule has 5 rings (SSSR count). The molecule has 0 spiro atoms.